The first-order chi connectivity index (χ1) is 15.4. The Morgan fingerprint density at radius 1 is 0.938 bits per heavy atom. The molecule has 5 heteroatoms. The van der Waals surface area contributed by atoms with Crippen molar-refractivity contribution >= 4 is 29.3 Å². The van der Waals surface area contributed by atoms with Crippen LogP contribution in [-0.2, 0) is 22.7 Å². The lowest BCUT2D eigenvalue weighted by Gasteiger charge is -2.35. The molecule has 1 heterocycles. The van der Waals surface area contributed by atoms with Crippen molar-refractivity contribution in [2.24, 2.45) is 5.92 Å². The van der Waals surface area contributed by atoms with Crippen molar-refractivity contribution in [3.05, 3.63) is 95.1 Å². The Morgan fingerprint density at radius 3 is 2.19 bits per heavy atom. The number of amides is 2. The molecule has 0 aromatic heterocycles. The van der Waals surface area contributed by atoms with Crippen LogP contribution in [0.25, 0.3) is 0 Å². The molecule has 0 saturated carbocycles. The Morgan fingerprint density at radius 2 is 1.53 bits per heavy atom. The van der Waals surface area contributed by atoms with E-state index in [4.69, 9.17) is 0 Å². The molecule has 1 aliphatic rings. The van der Waals surface area contributed by atoms with E-state index in [2.05, 4.69) is 36.5 Å². The highest BCUT2D eigenvalue weighted by molar-refractivity contribution is 8.01. The molecule has 32 heavy (non-hydrogen) atoms. The van der Waals surface area contributed by atoms with Gasteiger partial charge < -0.3 is 10.2 Å². The maximum absolute atomic E-state index is 13.5. The molecule has 0 fully saturated rings. The van der Waals surface area contributed by atoms with Gasteiger partial charge in [0, 0.05) is 11.4 Å². The Bertz CT molecular complexity index is 1110. The first kappa shape index (κ1) is 22.2. The van der Waals surface area contributed by atoms with E-state index in [1.807, 2.05) is 67.3 Å². The molecule has 0 bridgehead atoms. The maximum Gasteiger partial charge on any atom is 0.241 e. The van der Waals surface area contributed by atoms with Gasteiger partial charge in [-0.3, -0.25) is 9.59 Å². The molecule has 0 unspecified atom stereocenters. The Kier molecular flexibility index (Phi) is 6.66. The van der Waals surface area contributed by atoms with Crippen molar-refractivity contribution in [1.82, 2.24) is 5.32 Å². The number of nitrogens with zero attached hydrogens (tertiary/aromatic N) is 1. The normalized spacial score (nSPS) is 16.4. The summed E-state index contributed by atoms with van der Waals surface area (Å²) in [6.07, 6.45) is 0. The quantitative estimate of drug-likeness (QED) is 0.564. The molecule has 0 spiro atoms. The van der Waals surface area contributed by atoms with E-state index in [1.54, 1.807) is 0 Å². The monoisotopic (exact) mass is 444 g/mol. The van der Waals surface area contributed by atoms with Crippen molar-refractivity contribution in [3.63, 3.8) is 0 Å². The van der Waals surface area contributed by atoms with Gasteiger partial charge in [-0.05, 0) is 37.1 Å². The molecule has 164 valence electrons. The highest BCUT2D eigenvalue weighted by atomic mass is 32.2. The summed E-state index contributed by atoms with van der Waals surface area (Å²) >= 11 is 1.49. The van der Waals surface area contributed by atoms with Gasteiger partial charge >= 0.3 is 0 Å². The molecular formula is C27H28N2O2S. The number of benzene rings is 3. The van der Waals surface area contributed by atoms with Crippen LogP contribution in [0.3, 0.4) is 0 Å². The van der Waals surface area contributed by atoms with Crippen LogP contribution in [0.5, 0.6) is 0 Å². The lowest BCUT2D eigenvalue weighted by Crippen LogP contribution is -2.47. The predicted molar refractivity (Wildman–Crippen MR) is 131 cm³/mol. The number of thioether (sulfide) groups is 1. The minimum Gasteiger partial charge on any atom is -0.352 e. The number of nitrogens with one attached hydrogen (secondary N) is 1. The lowest BCUT2D eigenvalue weighted by molar-refractivity contribution is -0.128. The van der Waals surface area contributed by atoms with Crippen LogP contribution >= 0.6 is 11.8 Å². The second-order valence-electron chi connectivity index (χ2n) is 8.41. The molecule has 0 aliphatic carbocycles. The van der Waals surface area contributed by atoms with E-state index < -0.39 is 11.2 Å². The van der Waals surface area contributed by atoms with Gasteiger partial charge in [0.15, 0.2) is 0 Å². The van der Waals surface area contributed by atoms with Crippen LogP contribution < -0.4 is 10.2 Å². The number of aryl methyl sites for hydroxylation is 2. The van der Waals surface area contributed by atoms with Crippen LogP contribution in [0, 0.1) is 19.8 Å². The second-order valence-corrected chi connectivity index (χ2v) is 9.59. The predicted octanol–water partition coefficient (Wildman–Crippen LogP) is 5.26. The van der Waals surface area contributed by atoms with E-state index in [9.17, 15) is 9.59 Å². The average Bonchev–Trinajstić information content (AvgIpc) is 2.81. The van der Waals surface area contributed by atoms with Crippen molar-refractivity contribution in [3.8, 4) is 0 Å². The number of hydrogen-bond donors (Lipinski definition) is 1. The molecule has 0 radical (unpaired) electrons. The molecule has 3 aromatic rings. The third kappa shape index (κ3) is 4.89. The molecule has 2 atom stereocenters. The number of carbonyl (C=O) groups excluding carboxylic acids is 2. The van der Waals surface area contributed by atoms with Crippen LogP contribution in [0.15, 0.2) is 77.7 Å². The summed E-state index contributed by atoms with van der Waals surface area (Å²) in [5, 5.41) is 2.54. The summed E-state index contributed by atoms with van der Waals surface area (Å²) < 4.78 is 0. The van der Waals surface area contributed by atoms with Crippen LogP contribution in [-0.4, -0.2) is 17.1 Å². The lowest BCUT2D eigenvalue weighted by atomic mass is 10.0. The Hall–Kier alpha value is -3.05. The third-order valence-electron chi connectivity index (χ3n) is 5.84. The van der Waals surface area contributed by atoms with Crippen LogP contribution in [0.2, 0.25) is 0 Å². The first-order valence-corrected chi connectivity index (χ1v) is 11.8. The molecule has 2 amide bonds. The molecule has 3 aromatic carbocycles. The SMILES string of the molecule is Cc1ccc(CNC(=O)[C@H](C)[C@@H]2Sc3ccccc3N(Cc3ccc(C)cc3)C2=O)cc1. The van der Waals surface area contributed by atoms with E-state index in [-0.39, 0.29) is 11.8 Å². The summed E-state index contributed by atoms with van der Waals surface area (Å²) in [5.41, 5.74) is 5.40. The van der Waals surface area contributed by atoms with Gasteiger partial charge in [-0.1, -0.05) is 78.7 Å². The average molecular weight is 445 g/mol. The number of rotatable bonds is 6. The Balaban J connectivity index is 1.51. The van der Waals surface area contributed by atoms with E-state index in [0.29, 0.717) is 13.1 Å². The van der Waals surface area contributed by atoms with E-state index >= 15 is 0 Å². The topological polar surface area (TPSA) is 49.4 Å². The molecule has 1 aliphatic heterocycles. The van der Waals surface area contributed by atoms with Crippen LogP contribution in [0.4, 0.5) is 5.69 Å². The Labute approximate surface area is 194 Å². The third-order valence-corrected chi connectivity index (χ3v) is 7.30. The summed E-state index contributed by atoms with van der Waals surface area (Å²) in [7, 11) is 0. The highest BCUT2D eigenvalue weighted by Crippen LogP contribution is 2.42. The summed E-state index contributed by atoms with van der Waals surface area (Å²) in [4.78, 5) is 29.3. The number of anilines is 1. The van der Waals surface area contributed by atoms with Gasteiger partial charge in [0.05, 0.1) is 18.2 Å². The second kappa shape index (κ2) is 9.61. The van der Waals surface area contributed by atoms with Crippen LogP contribution in [0.1, 0.15) is 29.2 Å². The number of para-hydroxylation sites is 1. The van der Waals surface area contributed by atoms with Gasteiger partial charge in [-0.25, -0.2) is 0 Å². The van der Waals surface area contributed by atoms with Crippen molar-refractivity contribution < 1.29 is 9.59 Å². The van der Waals surface area contributed by atoms with E-state index in [1.165, 1.54) is 22.9 Å². The van der Waals surface area contributed by atoms with E-state index in [0.717, 1.165) is 21.7 Å². The van der Waals surface area contributed by atoms with Crippen molar-refractivity contribution in [2.75, 3.05) is 4.90 Å². The number of hydrogen-bond acceptors (Lipinski definition) is 3. The van der Waals surface area contributed by atoms with Gasteiger partial charge in [0.2, 0.25) is 11.8 Å². The molecule has 4 nitrogen and oxygen atoms in total. The summed E-state index contributed by atoms with van der Waals surface area (Å²) in [6, 6.07) is 24.3. The molecule has 1 N–H and O–H groups in total. The van der Waals surface area contributed by atoms with Crippen molar-refractivity contribution in [1.29, 1.82) is 0 Å². The largest absolute Gasteiger partial charge is 0.352 e. The maximum atomic E-state index is 13.5. The van der Waals surface area contributed by atoms with Gasteiger partial charge in [0.1, 0.15) is 5.25 Å². The van der Waals surface area contributed by atoms with Gasteiger partial charge in [-0.2, -0.15) is 0 Å². The van der Waals surface area contributed by atoms with Crippen molar-refractivity contribution in [2.45, 2.75) is 44.0 Å². The van der Waals surface area contributed by atoms with Gasteiger partial charge in [-0.15, -0.1) is 11.8 Å². The molecule has 0 saturated heterocycles. The highest BCUT2D eigenvalue weighted by Gasteiger charge is 2.39. The molecular weight excluding hydrogens is 416 g/mol. The molecule has 4 rings (SSSR count). The zero-order valence-corrected chi connectivity index (χ0v) is 19.5. The fourth-order valence-electron chi connectivity index (χ4n) is 3.79. The zero-order chi connectivity index (χ0) is 22.7. The number of carbonyl (C=O) groups is 2. The minimum atomic E-state index is -0.464. The summed E-state index contributed by atoms with van der Waals surface area (Å²) in [5.74, 6) is -0.579. The fraction of sp³-hybridized carbons (Fsp3) is 0.259. The minimum absolute atomic E-state index is 0.0211. The zero-order valence-electron chi connectivity index (χ0n) is 18.7. The fourth-order valence-corrected chi connectivity index (χ4v) is 5.07. The first-order valence-electron chi connectivity index (χ1n) is 10.9. The number of fused-ring (bicyclic) bond motifs is 1. The smallest absolute Gasteiger partial charge is 0.241 e. The summed E-state index contributed by atoms with van der Waals surface area (Å²) in [6.45, 7) is 6.88. The van der Waals surface area contributed by atoms with Gasteiger partial charge in [0.25, 0.3) is 0 Å². The standard InChI is InChI=1S/C27H28N2O2S/c1-18-8-12-21(13-9-18)16-28-26(30)20(3)25-27(31)29(17-22-14-10-19(2)11-15-22)23-6-4-5-7-24(23)32-25/h4-15,20,25H,16-17H2,1-3H3,(H,28,30)/t20-,25+/m1/s1.